The topological polar surface area (TPSA) is 60.0 Å². The van der Waals surface area contributed by atoms with Crippen LogP contribution in [0.5, 0.6) is 0 Å². The second-order valence-corrected chi connectivity index (χ2v) is 12.2. The molecule has 7 nitrogen and oxygen atoms in total. The second-order valence-electron chi connectivity index (χ2n) is 12.2. The quantitative estimate of drug-likeness (QED) is 0.283. The third kappa shape index (κ3) is 8.10. The summed E-state index contributed by atoms with van der Waals surface area (Å²) in [5.41, 5.74) is 7.36. The minimum absolute atomic E-state index is 0.168. The summed E-state index contributed by atoms with van der Waals surface area (Å²) in [5, 5.41) is 0. The molecule has 3 atom stereocenters. The molecule has 0 spiro atoms. The highest BCUT2D eigenvalue weighted by Gasteiger charge is 2.30. The Labute approximate surface area is 242 Å². The van der Waals surface area contributed by atoms with E-state index in [1.165, 1.54) is 22.5 Å². The molecule has 2 aliphatic rings. The summed E-state index contributed by atoms with van der Waals surface area (Å²) in [6.45, 7) is 20.8. The van der Waals surface area contributed by atoms with E-state index >= 15 is 0 Å². The number of aromatic nitrogens is 2. The zero-order chi connectivity index (χ0) is 28.6. The van der Waals surface area contributed by atoms with E-state index < -0.39 is 0 Å². The Balaban J connectivity index is 1.33. The lowest BCUT2D eigenvalue weighted by Gasteiger charge is -2.23. The fourth-order valence-corrected chi connectivity index (χ4v) is 5.74. The summed E-state index contributed by atoms with van der Waals surface area (Å²) in [6.07, 6.45) is 1.79. The lowest BCUT2D eigenvalue weighted by molar-refractivity contribution is -0.113. The molecular weight excluding hydrogens is 500 g/mol. The highest BCUT2D eigenvalue weighted by Crippen LogP contribution is 2.33. The van der Waals surface area contributed by atoms with E-state index in [4.69, 9.17) is 24.2 Å². The third-order valence-electron chi connectivity index (χ3n) is 8.48. The van der Waals surface area contributed by atoms with E-state index in [1.807, 2.05) is 0 Å². The molecule has 0 N–H and O–H groups in total. The van der Waals surface area contributed by atoms with Gasteiger partial charge in [0.25, 0.3) is 0 Å². The van der Waals surface area contributed by atoms with Gasteiger partial charge in [-0.15, -0.1) is 0 Å². The summed E-state index contributed by atoms with van der Waals surface area (Å²) >= 11 is 0. The number of rotatable bonds is 14. The number of ether oxygens (including phenoxy) is 3. The SMILES string of the molecule is CCN(CC)Cc1nc(C(C)C)ccc1[C@H]1COC(OCCN(C)Cc2nc(C(C)C)ccc2C2CCOC2)C1. The van der Waals surface area contributed by atoms with Gasteiger partial charge < -0.3 is 14.2 Å². The molecule has 2 aliphatic heterocycles. The van der Waals surface area contributed by atoms with E-state index in [2.05, 4.69) is 82.7 Å². The molecule has 2 fully saturated rings. The van der Waals surface area contributed by atoms with Crippen LogP contribution in [0.1, 0.15) is 112 Å². The molecule has 0 radical (unpaired) electrons. The van der Waals surface area contributed by atoms with E-state index in [0.29, 0.717) is 36.9 Å². The van der Waals surface area contributed by atoms with Crippen molar-refractivity contribution in [3.05, 3.63) is 58.2 Å². The first kappa shape index (κ1) is 31.0. The van der Waals surface area contributed by atoms with Crippen LogP contribution in [-0.2, 0) is 27.3 Å². The Morgan fingerprint density at radius 2 is 1.50 bits per heavy atom. The number of pyridine rings is 2. The summed E-state index contributed by atoms with van der Waals surface area (Å²) < 4.78 is 18.1. The predicted molar refractivity (Wildman–Crippen MR) is 161 cm³/mol. The zero-order valence-electron chi connectivity index (χ0n) is 26.0. The van der Waals surface area contributed by atoms with Crippen LogP contribution < -0.4 is 0 Å². The molecule has 4 rings (SSSR count). The highest BCUT2D eigenvalue weighted by atomic mass is 16.7. The summed E-state index contributed by atoms with van der Waals surface area (Å²) in [5.74, 6) is 1.61. The molecule has 4 heterocycles. The van der Waals surface area contributed by atoms with Crippen molar-refractivity contribution in [1.29, 1.82) is 0 Å². The molecule has 222 valence electrons. The van der Waals surface area contributed by atoms with E-state index in [0.717, 1.165) is 70.2 Å². The van der Waals surface area contributed by atoms with Crippen molar-refractivity contribution in [3.8, 4) is 0 Å². The number of hydrogen-bond donors (Lipinski definition) is 0. The standard InChI is InChI=1S/C33H52N4O3/c1-8-37(9-2)20-32-28(11-13-30(35-32)24(5)6)26-18-33(40-22-26)39-17-15-36(7)19-31-27(25-14-16-38-21-25)10-12-29(34-31)23(3)4/h10-13,23-26,33H,8-9,14-22H2,1-7H3/t25?,26-,33?/m1/s1. The number of likely N-dealkylation sites (N-methyl/N-ethyl adjacent to an activating group) is 1. The third-order valence-corrected chi connectivity index (χ3v) is 8.48. The molecule has 0 saturated carbocycles. The smallest absolute Gasteiger partial charge is 0.158 e. The van der Waals surface area contributed by atoms with Crippen molar-refractivity contribution in [2.75, 3.05) is 53.1 Å². The van der Waals surface area contributed by atoms with Crippen LogP contribution in [0.4, 0.5) is 0 Å². The second kappa shape index (κ2) is 14.8. The Bertz CT molecular complexity index is 1070. The van der Waals surface area contributed by atoms with Gasteiger partial charge in [-0.25, -0.2) is 0 Å². The number of hydrogen-bond acceptors (Lipinski definition) is 7. The largest absolute Gasteiger partial charge is 0.381 e. The van der Waals surface area contributed by atoms with E-state index in [9.17, 15) is 0 Å². The lowest BCUT2D eigenvalue weighted by atomic mass is 9.94. The first-order valence-corrected chi connectivity index (χ1v) is 15.5. The molecular formula is C33H52N4O3. The van der Waals surface area contributed by atoms with Crippen LogP contribution in [0, 0.1) is 0 Å². The van der Waals surface area contributed by atoms with Crippen LogP contribution in [0.3, 0.4) is 0 Å². The van der Waals surface area contributed by atoms with Crippen molar-refractivity contribution in [2.45, 2.75) is 97.4 Å². The average molecular weight is 553 g/mol. The van der Waals surface area contributed by atoms with Crippen LogP contribution in [0.15, 0.2) is 24.3 Å². The maximum absolute atomic E-state index is 6.25. The monoisotopic (exact) mass is 552 g/mol. The fourth-order valence-electron chi connectivity index (χ4n) is 5.74. The minimum Gasteiger partial charge on any atom is -0.381 e. The zero-order valence-corrected chi connectivity index (χ0v) is 26.0. The summed E-state index contributed by atoms with van der Waals surface area (Å²) in [6, 6.07) is 8.96. The van der Waals surface area contributed by atoms with Gasteiger partial charge in [0.1, 0.15) is 0 Å². The van der Waals surface area contributed by atoms with Crippen molar-refractivity contribution in [3.63, 3.8) is 0 Å². The molecule has 2 aromatic rings. The normalized spacial score (nSPS) is 21.5. The van der Waals surface area contributed by atoms with Crippen molar-refractivity contribution in [1.82, 2.24) is 19.8 Å². The Morgan fingerprint density at radius 3 is 2.08 bits per heavy atom. The van der Waals surface area contributed by atoms with Crippen molar-refractivity contribution < 1.29 is 14.2 Å². The van der Waals surface area contributed by atoms with Gasteiger partial charge >= 0.3 is 0 Å². The Kier molecular flexibility index (Phi) is 11.5. The van der Waals surface area contributed by atoms with E-state index in [1.54, 1.807) is 0 Å². The van der Waals surface area contributed by atoms with Crippen LogP contribution in [-0.4, -0.2) is 79.2 Å². The Hall–Kier alpha value is -1.90. The van der Waals surface area contributed by atoms with Crippen LogP contribution in [0.25, 0.3) is 0 Å². The molecule has 2 unspecified atom stereocenters. The minimum atomic E-state index is -0.168. The van der Waals surface area contributed by atoms with Gasteiger partial charge in [0.15, 0.2) is 6.29 Å². The molecule has 0 aromatic carbocycles. The maximum Gasteiger partial charge on any atom is 0.158 e. The fraction of sp³-hybridized carbons (Fsp3) is 0.697. The van der Waals surface area contributed by atoms with Crippen molar-refractivity contribution in [2.24, 2.45) is 0 Å². The molecule has 0 bridgehead atoms. The van der Waals surface area contributed by atoms with Crippen LogP contribution >= 0.6 is 0 Å². The summed E-state index contributed by atoms with van der Waals surface area (Å²) in [7, 11) is 2.15. The summed E-state index contributed by atoms with van der Waals surface area (Å²) in [4.78, 5) is 14.9. The lowest BCUT2D eigenvalue weighted by Crippen LogP contribution is -2.26. The van der Waals surface area contributed by atoms with E-state index in [-0.39, 0.29) is 6.29 Å². The molecule has 40 heavy (non-hydrogen) atoms. The Morgan fingerprint density at radius 1 is 0.875 bits per heavy atom. The first-order chi connectivity index (χ1) is 19.3. The highest BCUT2D eigenvalue weighted by molar-refractivity contribution is 5.30. The maximum atomic E-state index is 6.25. The van der Waals surface area contributed by atoms with Gasteiger partial charge in [-0.2, -0.15) is 0 Å². The average Bonchev–Trinajstić information content (AvgIpc) is 3.64. The molecule has 7 heteroatoms. The van der Waals surface area contributed by atoms with Gasteiger partial charge in [0, 0.05) is 55.9 Å². The molecule has 2 aromatic heterocycles. The van der Waals surface area contributed by atoms with Gasteiger partial charge in [-0.3, -0.25) is 19.8 Å². The number of nitrogens with zero attached hydrogens (tertiary/aromatic N) is 4. The van der Waals surface area contributed by atoms with Crippen LogP contribution in [0.2, 0.25) is 0 Å². The van der Waals surface area contributed by atoms with Crippen molar-refractivity contribution >= 4 is 0 Å². The molecule has 0 amide bonds. The molecule has 0 aliphatic carbocycles. The van der Waals surface area contributed by atoms with Gasteiger partial charge in [0.05, 0.1) is 31.2 Å². The predicted octanol–water partition coefficient (Wildman–Crippen LogP) is 6.05. The first-order valence-electron chi connectivity index (χ1n) is 15.5. The van der Waals surface area contributed by atoms with Gasteiger partial charge in [-0.05, 0) is 61.7 Å². The molecule has 2 saturated heterocycles. The van der Waals surface area contributed by atoms with Gasteiger partial charge in [-0.1, -0.05) is 53.7 Å². The van der Waals surface area contributed by atoms with Gasteiger partial charge in [0.2, 0.25) is 0 Å².